The molecule has 104 valence electrons. The summed E-state index contributed by atoms with van der Waals surface area (Å²) >= 11 is 3.11. The summed E-state index contributed by atoms with van der Waals surface area (Å²) in [5.41, 5.74) is 1.39. The van der Waals surface area contributed by atoms with Crippen LogP contribution in [-0.4, -0.2) is 38.1 Å². The van der Waals surface area contributed by atoms with E-state index in [0.29, 0.717) is 11.3 Å². The summed E-state index contributed by atoms with van der Waals surface area (Å²) in [7, 11) is 2.75. The first-order chi connectivity index (χ1) is 9.04. The number of alkyl halides is 1. The average Bonchev–Trinajstić information content (AvgIpc) is 2.43. The van der Waals surface area contributed by atoms with E-state index in [-0.39, 0.29) is 23.5 Å². The molecule has 0 aliphatic heterocycles. The normalized spacial score (nSPS) is 10.1. The number of benzene rings is 1. The Kier molecular flexibility index (Phi) is 5.98. The Labute approximate surface area is 120 Å². The third kappa shape index (κ3) is 3.78. The predicted octanol–water partition coefficient (Wildman–Crippen LogP) is 2.34. The van der Waals surface area contributed by atoms with Crippen LogP contribution in [0, 0.1) is 6.92 Å². The Morgan fingerprint density at radius 2 is 1.89 bits per heavy atom. The molecule has 0 N–H and O–H groups in total. The summed E-state index contributed by atoms with van der Waals surface area (Å²) in [6.07, 6.45) is 0. The fourth-order valence-electron chi connectivity index (χ4n) is 1.57. The van der Waals surface area contributed by atoms with Gasteiger partial charge in [0.05, 0.1) is 12.4 Å². The molecule has 0 amide bonds. The van der Waals surface area contributed by atoms with Crippen LogP contribution in [0.4, 0.5) is 0 Å². The number of carbonyl (C=O) groups is 2. The van der Waals surface area contributed by atoms with Gasteiger partial charge >= 0.3 is 5.97 Å². The molecule has 5 nitrogen and oxygen atoms in total. The van der Waals surface area contributed by atoms with Crippen molar-refractivity contribution in [2.24, 2.45) is 0 Å². The van der Waals surface area contributed by atoms with Gasteiger partial charge in [0.1, 0.15) is 11.3 Å². The van der Waals surface area contributed by atoms with Crippen LogP contribution in [0.25, 0.3) is 0 Å². The van der Waals surface area contributed by atoms with Crippen molar-refractivity contribution in [3.63, 3.8) is 0 Å². The van der Waals surface area contributed by atoms with Crippen LogP contribution >= 0.6 is 15.9 Å². The molecule has 1 aromatic carbocycles. The topological polar surface area (TPSA) is 61.8 Å². The number of hydrogen-bond acceptors (Lipinski definition) is 5. The molecule has 19 heavy (non-hydrogen) atoms. The minimum atomic E-state index is -0.560. The maximum Gasteiger partial charge on any atom is 0.341 e. The average molecular weight is 331 g/mol. The second-order valence-electron chi connectivity index (χ2n) is 3.76. The van der Waals surface area contributed by atoms with Gasteiger partial charge in [0.2, 0.25) is 0 Å². The molecule has 1 rings (SSSR count). The summed E-state index contributed by atoms with van der Waals surface area (Å²) < 4.78 is 14.8. The zero-order valence-corrected chi connectivity index (χ0v) is 12.6. The van der Waals surface area contributed by atoms with E-state index in [1.165, 1.54) is 20.3 Å². The van der Waals surface area contributed by atoms with E-state index < -0.39 is 5.97 Å². The van der Waals surface area contributed by atoms with Crippen LogP contribution in [-0.2, 0) is 9.47 Å². The third-order valence-corrected chi connectivity index (χ3v) is 3.00. The van der Waals surface area contributed by atoms with Gasteiger partial charge in [-0.2, -0.15) is 0 Å². The zero-order valence-electron chi connectivity index (χ0n) is 11.0. The van der Waals surface area contributed by atoms with Crippen LogP contribution in [0.2, 0.25) is 0 Å². The third-order valence-electron chi connectivity index (χ3n) is 2.49. The second-order valence-corrected chi connectivity index (χ2v) is 4.32. The number of hydrogen-bond donors (Lipinski definition) is 0. The van der Waals surface area contributed by atoms with Gasteiger partial charge < -0.3 is 14.2 Å². The van der Waals surface area contributed by atoms with Crippen molar-refractivity contribution in [2.75, 3.05) is 26.3 Å². The lowest BCUT2D eigenvalue weighted by molar-refractivity contribution is 0.0465. The van der Waals surface area contributed by atoms with E-state index in [9.17, 15) is 9.59 Å². The molecular weight excluding hydrogens is 316 g/mol. The molecule has 0 unspecified atom stereocenters. The Balaban J connectivity index is 3.28. The van der Waals surface area contributed by atoms with Crippen molar-refractivity contribution >= 4 is 27.7 Å². The van der Waals surface area contributed by atoms with E-state index in [1.54, 1.807) is 13.0 Å². The highest BCUT2D eigenvalue weighted by Gasteiger charge is 2.18. The number of esters is 1. The molecule has 0 saturated carbocycles. The predicted molar refractivity (Wildman–Crippen MR) is 73.1 cm³/mol. The molecule has 0 aromatic heterocycles. The summed E-state index contributed by atoms with van der Waals surface area (Å²) in [5, 5.41) is 0.187. The number of carbonyl (C=O) groups excluding carboxylic acids is 2. The Morgan fingerprint density at radius 1 is 1.21 bits per heavy atom. The van der Waals surface area contributed by atoms with E-state index >= 15 is 0 Å². The number of halogens is 1. The van der Waals surface area contributed by atoms with Gasteiger partial charge in [-0.3, -0.25) is 4.79 Å². The summed E-state index contributed by atoms with van der Waals surface area (Å²) in [6.45, 7) is 1.78. The first-order valence-corrected chi connectivity index (χ1v) is 6.61. The molecule has 0 aliphatic rings. The van der Waals surface area contributed by atoms with Gasteiger partial charge in [0.15, 0.2) is 12.6 Å². The maximum atomic E-state index is 11.8. The highest BCUT2D eigenvalue weighted by atomic mass is 79.9. The molecular formula is C13H15BrO5. The summed E-state index contributed by atoms with van der Waals surface area (Å²) in [4.78, 5) is 23.5. The van der Waals surface area contributed by atoms with Crippen molar-refractivity contribution in [3.05, 3.63) is 28.8 Å². The van der Waals surface area contributed by atoms with Crippen molar-refractivity contribution in [2.45, 2.75) is 6.92 Å². The van der Waals surface area contributed by atoms with Gasteiger partial charge in [-0.05, 0) is 24.6 Å². The summed E-state index contributed by atoms with van der Waals surface area (Å²) in [6, 6.07) is 3.11. The fraction of sp³-hybridized carbons (Fsp3) is 0.385. The summed E-state index contributed by atoms with van der Waals surface area (Å²) in [5.74, 6) is -0.340. The monoisotopic (exact) mass is 330 g/mol. The number of aryl methyl sites for hydroxylation is 1. The lowest BCUT2D eigenvalue weighted by atomic mass is 10.0. The highest BCUT2D eigenvalue weighted by molar-refractivity contribution is 9.09. The number of methoxy groups -OCH3 is 2. The van der Waals surface area contributed by atoms with E-state index in [1.807, 2.05) is 0 Å². The van der Waals surface area contributed by atoms with Crippen LogP contribution in [0.15, 0.2) is 12.1 Å². The Hall–Kier alpha value is -1.40. The molecule has 0 bridgehead atoms. The Morgan fingerprint density at radius 3 is 2.42 bits per heavy atom. The van der Waals surface area contributed by atoms with Crippen LogP contribution < -0.4 is 4.74 Å². The lowest BCUT2D eigenvalue weighted by Gasteiger charge is -2.13. The number of rotatable bonds is 6. The first-order valence-electron chi connectivity index (χ1n) is 5.49. The molecule has 0 aliphatic carbocycles. The smallest absolute Gasteiger partial charge is 0.341 e. The van der Waals surface area contributed by atoms with Crippen molar-refractivity contribution in [1.82, 2.24) is 0 Å². The number of ether oxygens (including phenoxy) is 3. The van der Waals surface area contributed by atoms with E-state index in [0.717, 1.165) is 5.56 Å². The van der Waals surface area contributed by atoms with Gasteiger partial charge in [-0.1, -0.05) is 15.9 Å². The SMILES string of the molecule is COCOc1cc(C)c(C(=O)CBr)cc1C(=O)OC. The largest absolute Gasteiger partial charge is 0.467 e. The molecule has 0 fully saturated rings. The van der Waals surface area contributed by atoms with E-state index in [2.05, 4.69) is 20.7 Å². The fourth-order valence-corrected chi connectivity index (χ4v) is 1.87. The minimum Gasteiger partial charge on any atom is -0.467 e. The molecule has 6 heteroatoms. The van der Waals surface area contributed by atoms with Crippen LogP contribution in [0.1, 0.15) is 26.3 Å². The van der Waals surface area contributed by atoms with Crippen molar-refractivity contribution < 1.29 is 23.8 Å². The van der Waals surface area contributed by atoms with Crippen molar-refractivity contribution in [3.8, 4) is 5.75 Å². The standard InChI is InChI=1S/C13H15BrO5/c1-8-4-12(19-7-17-2)10(13(16)18-3)5-9(8)11(15)6-14/h4-5H,6-7H2,1-3H3. The molecule has 0 spiro atoms. The number of ketones is 1. The Bertz CT molecular complexity index is 484. The quantitative estimate of drug-likeness (QED) is 0.347. The first kappa shape index (κ1) is 15.7. The zero-order chi connectivity index (χ0) is 14.4. The molecule has 0 atom stereocenters. The van der Waals surface area contributed by atoms with Gasteiger partial charge in [-0.15, -0.1) is 0 Å². The van der Waals surface area contributed by atoms with Crippen LogP contribution in [0.3, 0.4) is 0 Å². The molecule has 0 heterocycles. The highest BCUT2D eigenvalue weighted by Crippen LogP contribution is 2.25. The van der Waals surface area contributed by atoms with Gasteiger partial charge in [0.25, 0.3) is 0 Å². The van der Waals surface area contributed by atoms with Crippen molar-refractivity contribution in [1.29, 1.82) is 0 Å². The van der Waals surface area contributed by atoms with E-state index in [4.69, 9.17) is 9.47 Å². The number of Topliss-reactive ketones (excluding diaryl/α,β-unsaturated/α-hetero) is 1. The maximum absolute atomic E-state index is 11.8. The second kappa shape index (κ2) is 7.25. The lowest BCUT2D eigenvalue weighted by Crippen LogP contribution is -2.11. The molecule has 1 aromatic rings. The van der Waals surface area contributed by atoms with Crippen LogP contribution in [0.5, 0.6) is 5.75 Å². The molecule has 0 saturated heterocycles. The molecule has 0 radical (unpaired) electrons. The van der Waals surface area contributed by atoms with Gasteiger partial charge in [-0.25, -0.2) is 4.79 Å². The minimum absolute atomic E-state index is 0.00910. The van der Waals surface area contributed by atoms with Gasteiger partial charge in [0, 0.05) is 12.7 Å².